The number of hydrazine groups is 1. The van der Waals surface area contributed by atoms with Crippen molar-refractivity contribution in [1.29, 1.82) is 0 Å². The summed E-state index contributed by atoms with van der Waals surface area (Å²) in [6, 6.07) is 6.36. The summed E-state index contributed by atoms with van der Waals surface area (Å²) in [4.78, 5) is 0.0668. The maximum absolute atomic E-state index is 12.3. The van der Waals surface area contributed by atoms with Crippen molar-refractivity contribution >= 4 is 21.4 Å². The zero-order valence-electron chi connectivity index (χ0n) is 11.5. The number of para-hydroxylation sites is 1. The van der Waals surface area contributed by atoms with Crippen LogP contribution in [0.4, 0.5) is 11.4 Å². The van der Waals surface area contributed by atoms with Gasteiger partial charge in [-0.25, -0.2) is 8.42 Å². The van der Waals surface area contributed by atoms with E-state index in [1.165, 1.54) is 12.3 Å². The van der Waals surface area contributed by atoms with E-state index in [9.17, 15) is 8.42 Å². The van der Waals surface area contributed by atoms with Gasteiger partial charge >= 0.3 is 0 Å². The first kappa shape index (κ1) is 15.3. The van der Waals surface area contributed by atoms with Gasteiger partial charge in [-0.2, -0.15) is 5.10 Å². The molecule has 0 atom stereocenters. The van der Waals surface area contributed by atoms with Crippen LogP contribution in [-0.4, -0.2) is 31.9 Å². The number of nitrogens with one attached hydrogen (secondary N) is 2. The van der Waals surface area contributed by atoms with Crippen LogP contribution in [0.25, 0.3) is 0 Å². The first-order chi connectivity index (χ1) is 10.1. The van der Waals surface area contributed by atoms with Crippen molar-refractivity contribution < 1.29 is 13.2 Å². The van der Waals surface area contributed by atoms with Crippen molar-refractivity contribution in [2.24, 2.45) is 5.84 Å². The number of rotatable bonds is 7. The van der Waals surface area contributed by atoms with Gasteiger partial charge in [-0.1, -0.05) is 12.1 Å². The van der Waals surface area contributed by atoms with Gasteiger partial charge in [0.05, 0.1) is 30.7 Å². The fourth-order valence-corrected chi connectivity index (χ4v) is 2.95. The third-order valence-electron chi connectivity index (χ3n) is 2.74. The summed E-state index contributed by atoms with van der Waals surface area (Å²) < 4.78 is 33.7. The number of hydrogen-bond acceptors (Lipinski definition) is 6. The average Bonchev–Trinajstić information content (AvgIpc) is 2.91. The molecule has 0 radical (unpaired) electrons. The molecule has 8 nitrogen and oxygen atoms in total. The third-order valence-corrected chi connectivity index (χ3v) is 4.18. The van der Waals surface area contributed by atoms with Crippen LogP contribution in [0.2, 0.25) is 0 Å². The molecule has 0 amide bonds. The van der Waals surface area contributed by atoms with Crippen LogP contribution in [0.15, 0.2) is 41.6 Å². The van der Waals surface area contributed by atoms with Crippen LogP contribution in [0.5, 0.6) is 0 Å². The summed E-state index contributed by atoms with van der Waals surface area (Å²) in [6.45, 7) is 1.03. The predicted molar refractivity (Wildman–Crippen MR) is 79.2 cm³/mol. The fraction of sp³-hybridized carbons (Fsp3) is 0.250. The van der Waals surface area contributed by atoms with E-state index in [0.717, 1.165) is 0 Å². The maximum Gasteiger partial charge on any atom is 0.264 e. The van der Waals surface area contributed by atoms with E-state index in [1.54, 1.807) is 36.2 Å². The second-order valence-electron chi connectivity index (χ2n) is 4.23. The van der Waals surface area contributed by atoms with E-state index in [0.29, 0.717) is 24.5 Å². The molecule has 9 heteroatoms. The molecule has 21 heavy (non-hydrogen) atoms. The second-order valence-corrected chi connectivity index (χ2v) is 5.88. The molecule has 0 aliphatic carbocycles. The monoisotopic (exact) mass is 311 g/mol. The number of ether oxygens (including phenoxy) is 1. The number of benzene rings is 1. The summed E-state index contributed by atoms with van der Waals surface area (Å²) in [7, 11) is -2.15. The van der Waals surface area contributed by atoms with E-state index in [1.807, 2.05) is 0 Å². The number of nitrogens with two attached hydrogens (primary N) is 1. The smallest absolute Gasteiger partial charge is 0.264 e. The summed E-state index contributed by atoms with van der Waals surface area (Å²) >= 11 is 0. The Labute approximate surface area is 122 Å². The minimum atomic E-state index is -3.74. The fourth-order valence-electron chi connectivity index (χ4n) is 1.75. The highest BCUT2D eigenvalue weighted by molar-refractivity contribution is 7.92. The van der Waals surface area contributed by atoms with Crippen LogP contribution in [-0.2, 0) is 21.3 Å². The SMILES string of the molecule is COCCn1cc(NS(=O)(=O)c2ccccc2NN)cn1. The van der Waals surface area contributed by atoms with Gasteiger partial charge in [-0.15, -0.1) is 0 Å². The quantitative estimate of drug-likeness (QED) is 0.510. The summed E-state index contributed by atoms with van der Waals surface area (Å²) in [6.07, 6.45) is 3.03. The molecule has 0 fully saturated rings. The number of methoxy groups -OCH3 is 1. The Morgan fingerprint density at radius 3 is 2.86 bits per heavy atom. The molecule has 0 aliphatic heterocycles. The van der Waals surface area contributed by atoms with Gasteiger partial charge in [0.1, 0.15) is 4.90 Å². The van der Waals surface area contributed by atoms with Crippen molar-refractivity contribution in [2.45, 2.75) is 11.4 Å². The standard InChI is InChI=1S/C12H17N5O3S/c1-20-7-6-17-9-10(8-14-17)16-21(18,19)12-5-3-2-4-11(12)15-13/h2-5,8-9,15-16H,6-7,13H2,1H3. The number of nitrogen functional groups attached to an aromatic ring is 1. The van der Waals surface area contributed by atoms with Gasteiger partial charge in [0.2, 0.25) is 0 Å². The molecule has 4 N–H and O–H groups in total. The average molecular weight is 311 g/mol. The highest BCUT2D eigenvalue weighted by Crippen LogP contribution is 2.22. The molecule has 0 saturated carbocycles. The van der Waals surface area contributed by atoms with E-state index in [4.69, 9.17) is 10.6 Å². The van der Waals surface area contributed by atoms with E-state index in [-0.39, 0.29) is 4.90 Å². The number of sulfonamides is 1. The van der Waals surface area contributed by atoms with Crippen LogP contribution < -0.4 is 16.0 Å². The topological polar surface area (TPSA) is 111 Å². The van der Waals surface area contributed by atoms with E-state index in [2.05, 4.69) is 15.2 Å². The predicted octanol–water partition coefficient (Wildman–Crippen LogP) is 0.616. The molecule has 114 valence electrons. The van der Waals surface area contributed by atoms with Gasteiger partial charge in [-0.3, -0.25) is 15.2 Å². The van der Waals surface area contributed by atoms with Crippen molar-refractivity contribution in [3.05, 3.63) is 36.7 Å². The molecule has 0 bridgehead atoms. The minimum Gasteiger partial charge on any atom is -0.383 e. The lowest BCUT2D eigenvalue weighted by atomic mass is 10.3. The number of hydrogen-bond donors (Lipinski definition) is 3. The van der Waals surface area contributed by atoms with Crippen molar-refractivity contribution in [3.63, 3.8) is 0 Å². The molecule has 1 aromatic carbocycles. The third kappa shape index (κ3) is 3.72. The Morgan fingerprint density at radius 2 is 2.14 bits per heavy atom. The lowest BCUT2D eigenvalue weighted by Crippen LogP contribution is -2.17. The van der Waals surface area contributed by atoms with Gasteiger partial charge in [0.25, 0.3) is 10.0 Å². The van der Waals surface area contributed by atoms with Gasteiger partial charge < -0.3 is 10.2 Å². The summed E-state index contributed by atoms with van der Waals surface area (Å²) in [5.41, 5.74) is 3.05. The summed E-state index contributed by atoms with van der Waals surface area (Å²) in [5.74, 6) is 5.33. The minimum absolute atomic E-state index is 0.0668. The molecule has 2 rings (SSSR count). The van der Waals surface area contributed by atoms with Crippen LogP contribution in [0.3, 0.4) is 0 Å². The normalized spacial score (nSPS) is 11.3. The van der Waals surface area contributed by atoms with Crippen LogP contribution in [0, 0.1) is 0 Å². The van der Waals surface area contributed by atoms with Crippen molar-refractivity contribution in [2.75, 3.05) is 23.9 Å². The van der Waals surface area contributed by atoms with Crippen LogP contribution >= 0.6 is 0 Å². The number of aromatic nitrogens is 2. The molecule has 0 aliphatic rings. The van der Waals surface area contributed by atoms with Gasteiger partial charge in [0.15, 0.2) is 0 Å². The Balaban J connectivity index is 2.19. The lowest BCUT2D eigenvalue weighted by Gasteiger charge is -2.10. The summed E-state index contributed by atoms with van der Waals surface area (Å²) in [5, 5.41) is 4.04. The highest BCUT2D eigenvalue weighted by Gasteiger charge is 2.18. The Bertz CT molecular complexity index is 698. The maximum atomic E-state index is 12.3. The van der Waals surface area contributed by atoms with Crippen molar-refractivity contribution in [1.82, 2.24) is 9.78 Å². The molecular weight excluding hydrogens is 294 g/mol. The molecular formula is C12H17N5O3S. The Morgan fingerprint density at radius 1 is 1.38 bits per heavy atom. The van der Waals surface area contributed by atoms with E-state index < -0.39 is 10.0 Å². The Hall–Kier alpha value is -2.10. The Kier molecular flexibility index (Phi) is 4.78. The molecule has 1 heterocycles. The van der Waals surface area contributed by atoms with Crippen LogP contribution in [0.1, 0.15) is 0 Å². The second kappa shape index (κ2) is 6.57. The number of nitrogens with zero attached hydrogens (tertiary/aromatic N) is 2. The van der Waals surface area contributed by atoms with E-state index >= 15 is 0 Å². The first-order valence-electron chi connectivity index (χ1n) is 6.16. The molecule has 0 unspecified atom stereocenters. The first-order valence-corrected chi connectivity index (χ1v) is 7.65. The van der Waals surface area contributed by atoms with Gasteiger partial charge in [-0.05, 0) is 12.1 Å². The van der Waals surface area contributed by atoms with Crippen molar-refractivity contribution in [3.8, 4) is 0 Å². The highest BCUT2D eigenvalue weighted by atomic mass is 32.2. The molecule has 1 aromatic heterocycles. The molecule has 0 saturated heterocycles. The zero-order valence-corrected chi connectivity index (χ0v) is 12.3. The zero-order chi connectivity index (χ0) is 15.3. The lowest BCUT2D eigenvalue weighted by molar-refractivity contribution is 0.183. The molecule has 2 aromatic rings. The van der Waals surface area contributed by atoms with Gasteiger partial charge in [0, 0.05) is 13.3 Å². The molecule has 0 spiro atoms. The number of anilines is 2. The largest absolute Gasteiger partial charge is 0.383 e.